The Bertz CT molecular complexity index is 629. The second-order valence-corrected chi connectivity index (χ2v) is 6.67. The zero-order valence-corrected chi connectivity index (χ0v) is 15.9. The number of rotatable bonds is 8. The Balaban J connectivity index is 2.31. The van der Waals surface area contributed by atoms with Crippen molar-refractivity contribution in [2.24, 2.45) is 0 Å². The van der Waals surface area contributed by atoms with Crippen LogP contribution in [0.15, 0.2) is 18.2 Å². The fraction of sp³-hybridized carbons (Fsp3) is 0.632. The summed E-state index contributed by atoms with van der Waals surface area (Å²) in [5, 5.41) is 11.6. The quantitative estimate of drug-likeness (QED) is 0.522. The van der Waals surface area contributed by atoms with E-state index in [1.807, 2.05) is 23.6 Å². The molecule has 0 aliphatic carbocycles. The molecule has 0 N–H and O–H groups in total. The Kier molecular flexibility index (Phi) is 7.38. The van der Waals surface area contributed by atoms with Crippen molar-refractivity contribution in [2.75, 3.05) is 37.7 Å². The number of nitro benzene ring substituents is 1. The molecule has 1 amide bonds. The first-order chi connectivity index (χ1) is 12.5. The van der Waals surface area contributed by atoms with Crippen molar-refractivity contribution in [3.8, 4) is 0 Å². The predicted molar refractivity (Wildman–Crippen MR) is 102 cm³/mol. The number of benzene rings is 1. The molecule has 1 aliphatic rings. The Labute approximate surface area is 155 Å². The van der Waals surface area contributed by atoms with E-state index >= 15 is 0 Å². The van der Waals surface area contributed by atoms with Gasteiger partial charge in [0.2, 0.25) is 0 Å². The van der Waals surface area contributed by atoms with Crippen LogP contribution in [0.5, 0.6) is 0 Å². The topological polar surface area (TPSA) is 75.9 Å². The fourth-order valence-corrected chi connectivity index (χ4v) is 3.11. The van der Waals surface area contributed by atoms with E-state index in [1.165, 1.54) is 6.07 Å². The third-order valence-corrected chi connectivity index (χ3v) is 4.91. The van der Waals surface area contributed by atoms with Crippen LogP contribution in [0.3, 0.4) is 0 Å². The molecule has 0 saturated carbocycles. The molecule has 0 radical (unpaired) electrons. The molecule has 2 rings (SSSR count). The molecular formula is C19H29N3O4. The average Bonchev–Trinajstić information content (AvgIpc) is 2.67. The van der Waals surface area contributed by atoms with Gasteiger partial charge in [-0.25, -0.2) is 0 Å². The van der Waals surface area contributed by atoms with E-state index in [0.29, 0.717) is 44.1 Å². The molecule has 1 aromatic rings. The van der Waals surface area contributed by atoms with E-state index in [2.05, 4.69) is 6.92 Å². The predicted octanol–water partition coefficient (Wildman–Crippen LogP) is 3.47. The number of nitrogens with zero attached hydrogens (tertiary/aromatic N) is 3. The summed E-state index contributed by atoms with van der Waals surface area (Å²) in [6, 6.07) is 4.94. The Morgan fingerprint density at radius 3 is 2.62 bits per heavy atom. The molecule has 1 fully saturated rings. The Morgan fingerprint density at radius 1 is 1.35 bits per heavy atom. The summed E-state index contributed by atoms with van der Waals surface area (Å²) in [5.74, 6) is -0.135. The van der Waals surface area contributed by atoms with Gasteiger partial charge >= 0.3 is 0 Å². The van der Waals surface area contributed by atoms with Gasteiger partial charge in [0.05, 0.1) is 18.1 Å². The molecular weight excluding hydrogens is 334 g/mol. The summed E-state index contributed by atoms with van der Waals surface area (Å²) in [5.41, 5.74) is 0.918. The number of carbonyl (C=O) groups excluding carboxylic acids is 1. The average molecular weight is 363 g/mol. The van der Waals surface area contributed by atoms with Gasteiger partial charge in [0.25, 0.3) is 11.6 Å². The van der Waals surface area contributed by atoms with Crippen LogP contribution >= 0.6 is 0 Å². The first-order valence-corrected chi connectivity index (χ1v) is 9.41. The third kappa shape index (κ3) is 4.72. The van der Waals surface area contributed by atoms with Gasteiger partial charge in [-0.1, -0.05) is 20.3 Å². The molecule has 1 aromatic carbocycles. The lowest BCUT2D eigenvalue weighted by Crippen LogP contribution is -2.39. The van der Waals surface area contributed by atoms with Crippen LogP contribution in [0.4, 0.5) is 11.4 Å². The van der Waals surface area contributed by atoms with Crippen LogP contribution in [0.2, 0.25) is 0 Å². The maximum absolute atomic E-state index is 13.0. The summed E-state index contributed by atoms with van der Waals surface area (Å²) in [6.07, 6.45) is 2.77. The summed E-state index contributed by atoms with van der Waals surface area (Å²) in [6.45, 7) is 9.15. The number of hydrogen-bond acceptors (Lipinski definition) is 5. The van der Waals surface area contributed by atoms with E-state index < -0.39 is 4.92 Å². The van der Waals surface area contributed by atoms with Gasteiger partial charge in [0, 0.05) is 37.3 Å². The van der Waals surface area contributed by atoms with Crippen LogP contribution in [-0.2, 0) is 4.74 Å². The maximum atomic E-state index is 13.0. The first kappa shape index (κ1) is 20.2. The molecule has 1 saturated heterocycles. The Hall–Kier alpha value is -2.15. The highest BCUT2D eigenvalue weighted by molar-refractivity contribution is 5.96. The van der Waals surface area contributed by atoms with Gasteiger partial charge in [-0.15, -0.1) is 0 Å². The summed E-state index contributed by atoms with van der Waals surface area (Å²) < 4.78 is 5.32. The van der Waals surface area contributed by atoms with Crippen molar-refractivity contribution in [3.05, 3.63) is 33.9 Å². The van der Waals surface area contributed by atoms with E-state index in [0.717, 1.165) is 19.3 Å². The number of ether oxygens (including phenoxy) is 1. The zero-order chi connectivity index (χ0) is 19.1. The van der Waals surface area contributed by atoms with Crippen molar-refractivity contribution in [2.45, 2.75) is 46.1 Å². The third-order valence-electron chi connectivity index (χ3n) is 4.91. The molecule has 144 valence electrons. The lowest BCUT2D eigenvalue weighted by molar-refractivity contribution is -0.384. The number of anilines is 1. The number of hydrogen-bond donors (Lipinski definition) is 0. The van der Waals surface area contributed by atoms with E-state index in [1.54, 1.807) is 12.1 Å². The van der Waals surface area contributed by atoms with E-state index in [-0.39, 0.29) is 17.6 Å². The lowest BCUT2D eigenvalue weighted by atomic mass is 10.1. The highest BCUT2D eigenvalue weighted by Crippen LogP contribution is 2.30. The van der Waals surface area contributed by atoms with E-state index in [9.17, 15) is 14.9 Å². The number of amides is 1. The molecule has 7 heteroatoms. The number of carbonyl (C=O) groups is 1. The van der Waals surface area contributed by atoms with Gasteiger partial charge in [0.15, 0.2) is 0 Å². The van der Waals surface area contributed by atoms with Crippen molar-refractivity contribution >= 4 is 17.3 Å². The molecule has 0 aromatic heterocycles. The second-order valence-electron chi connectivity index (χ2n) is 6.67. The molecule has 0 spiro atoms. The smallest absolute Gasteiger partial charge is 0.293 e. The van der Waals surface area contributed by atoms with Gasteiger partial charge in [-0.2, -0.15) is 0 Å². The molecule has 26 heavy (non-hydrogen) atoms. The van der Waals surface area contributed by atoms with Crippen molar-refractivity contribution in [1.82, 2.24) is 4.90 Å². The normalized spacial score (nSPS) is 15.6. The summed E-state index contributed by atoms with van der Waals surface area (Å²) >= 11 is 0. The minimum absolute atomic E-state index is 0.0163. The van der Waals surface area contributed by atoms with Crippen molar-refractivity contribution in [1.29, 1.82) is 0 Å². The van der Waals surface area contributed by atoms with Crippen LogP contribution < -0.4 is 4.90 Å². The fourth-order valence-electron chi connectivity index (χ4n) is 3.11. The SMILES string of the molecule is CCCCN(C(=O)c1ccc(N2CCOCC2)c([N+](=O)[O-])c1)C(C)CC. The Morgan fingerprint density at radius 2 is 2.04 bits per heavy atom. The number of morpholine rings is 1. The highest BCUT2D eigenvalue weighted by atomic mass is 16.6. The molecule has 1 unspecified atom stereocenters. The molecule has 0 bridgehead atoms. The molecule has 1 heterocycles. The number of unbranched alkanes of at least 4 members (excludes halogenated alkanes) is 1. The van der Waals surface area contributed by atoms with E-state index in [4.69, 9.17) is 4.74 Å². The minimum atomic E-state index is -0.402. The standard InChI is InChI=1S/C19H29N3O4/c1-4-6-9-21(15(3)5-2)19(23)16-7-8-17(18(14-16)22(24)25)20-10-12-26-13-11-20/h7-8,14-15H,4-6,9-13H2,1-3H3. The van der Waals surface area contributed by atoms with Gasteiger partial charge in [-0.05, 0) is 31.9 Å². The summed E-state index contributed by atoms with van der Waals surface area (Å²) in [4.78, 5) is 27.9. The first-order valence-electron chi connectivity index (χ1n) is 9.41. The largest absolute Gasteiger partial charge is 0.378 e. The minimum Gasteiger partial charge on any atom is -0.378 e. The van der Waals surface area contributed by atoms with Crippen LogP contribution in [0.25, 0.3) is 0 Å². The zero-order valence-electron chi connectivity index (χ0n) is 15.9. The van der Waals surface area contributed by atoms with Gasteiger partial charge in [-0.3, -0.25) is 14.9 Å². The molecule has 1 aliphatic heterocycles. The van der Waals surface area contributed by atoms with Crippen molar-refractivity contribution < 1.29 is 14.5 Å². The maximum Gasteiger partial charge on any atom is 0.293 e. The summed E-state index contributed by atoms with van der Waals surface area (Å²) in [7, 11) is 0. The van der Waals surface area contributed by atoms with Gasteiger partial charge < -0.3 is 14.5 Å². The number of nitro groups is 1. The monoisotopic (exact) mass is 363 g/mol. The molecule has 1 atom stereocenters. The highest BCUT2D eigenvalue weighted by Gasteiger charge is 2.26. The van der Waals surface area contributed by atoms with Crippen LogP contribution in [-0.4, -0.2) is 54.6 Å². The van der Waals surface area contributed by atoms with Crippen LogP contribution in [0.1, 0.15) is 50.4 Å². The lowest BCUT2D eigenvalue weighted by Gasteiger charge is -2.30. The van der Waals surface area contributed by atoms with Crippen molar-refractivity contribution in [3.63, 3.8) is 0 Å². The van der Waals surface area contributed by atoms with Crippen LogP contribution in [0, 0.1) is 10.1 Å². The van der Waals surface area contributed by atoms with Gasteiger partial charge in [0.1, 0.15) is 5.69 Å². The molecule has 7 nitrogen and oxygen atoms in total. The second kappa shape index (κ2) is 9.52.